The summed E-state index contributed by atoms with van der Waals surface area (Å²) in [5.74, 6) is 0.220. The van der Waals surface area contributed by atoms with E-state index in [-0.39, 0.29) is 11.7 Å². The van der Waals surface area contributed by atoms with Gasteiger partial charge in [-0.2, -0.15) is 0 Å². The second kappa shape index (κ2) is 9.19. The molecule has 2 aromatic carbocycles. The maximum Gasteiger partial charge on any atom is 0.338 e. The lowest BCUT2D eigenvalue weighted by atomic mass is 9.96. The zero-order valence-electron chi connectivity index (χ0n) is 19.3. The van der Waals surface area contributed by atoms with Crippen molar-refractivity contribution in [1.29, 1.82) is 0 Å². The van der Waals surface area contributed by atoms with Crippen LogP contribution in [0.2, 0.25) is 0 Å². The van der Waals surface area contributed by atoms with Crippen LogP contribution in [0.25, 0.3) is 6.08 Å². The predicted octanol–water partition coefficient (Wildman–Crippen LogP) is 3.50. The fourth-order valence-electron chi connectivity index (χ4n) is 3.87. The van der Waals surface area contributed by atoms with E-state index < -0.39 is 12.0 Å². The normalized spacial score (nSPS) is 15.9. The molecular formula is C26H26N2O4S. The first-order chi connectivity index (χ1) is 15.8. The van der Waals surface area contributed by atoms with Gasteiger partial charge in [0.05, 0.1) is 35.1 Å². The number of allylic oxidation sites excluding steroid dienone is 1. The van der Waals surface area contributed by atoms with Crippen LogP contribution in [-0.2, 0) is 9.53 Å². The number of methoxy groups -OCH3 is 1. The van der Waals surface area contributed by atoms with E-state index in [1.165, 1.54) is 11.3 Å². The molecule has 0 N–H and O–H groups in total. The fourth-order valence-corrected chi connectivity index (χ4v) is 4.92. The summed E-state index contributed by atoms with van der Waals surface area (Å²) in [6, 6.07) is 14.7. The molecule has 1 aliphatic heterocycles. The van der Waals surface area contributed by atoms with Gasteiger partial charge in [-0.15, -0.1) is 0 Å². The molecule has 0 spiro atoms. The topological polar surface area (TPSA) is 69.9 Å². The number of thiazole rings is 1. The van der Waals surface area contributed by atoms with E-state index in [0.29, 0.717) is 26.4 Å². The van der Waals surface area contributed by atoms with Gasteiger partial charge in [-0.1, -0.05) is 53.3 Å². The van der Waals surface area contributed by atoms with Crippen LogP contribution in [0.15, 0.2) is 69.6 Å². The molecule has 0 fully saturated rings. The molecule has 0 unspecified atom stereocenters. The van der Waals surface area contributed by atoms with Crippen molar-refractivity contribution in [3.8, 4) is 5.75 Å². The Morgan fingerprint density at radius 1 is 1.15 bits per heavy atom. The van der Waals surface area contributed by atoms with Gasteiger partial charge in [0.1, 0.15) is 5.75 Å². The first-order valence-electron chi connectivity index (χ1n) is 10.7. The highest BCUT2D eigenvalue weighted by molar-refractivity contribution is 7.07. The third-order valence-corrected chi connectivity index (χ3v) is 6.34. The number of hydrogen-bond acceptors (Lipinski definition) is 6. The Kier molecular flexibility index (Phi) is 6.33. The van der Waals surface area contributed by atoms with Gasteiger partial charge in [0.2, 0.25) is 0 Å². The number of hydrogen-bond donors (Lipinski definition) is 0. The molecular weight excluding hydrogens is 436 g/mol. The van der Waals surface area contributed by atoms with Gasteiger partial charge in [0, 0.05) is 0 Å². The fraction of sp³-hybridized carbons (Fsp3) is 0.269. The Labute approximate surface area is 196 Å². The molecule has 0 bridgehead atoms. The lowest BCUT2D eigenvalue weighted by Gasteiger charge is -2.25. The Hall–Kier alpha value is -3.45. The SMILES string of the molecule is COc1ccc([C@H]2C(C(=O)OC(C)C)=C(C)N=c3s/c(=C\c4cccc(C)c4)c(=O)n32)cc1. The van der Waals surface area contributed by atoms with E-state index in [2.05, 4.69) is 4.99 Å². The number of fused-ring (bicyclic) bond motifs is 1. The monoisotopic (exact) mass is 462 g/mol. The zero-order valence-corrected chi connectivity index (χ0v) is 20.1. The van der Waals surface area contributed by atoms with Crippen LogP contribution in [0, 0.1) is 6.92 Å². The van der Waals surface area contributed by atoms with Crippen LogP contribution in [0.1, 0.15) is 43.5 Å². The van der Waals surface area contributed by atoms with Crippen molar-refractivity contribution >= 4 is 23.4 Å². The molecule has 1 atom stereocenters. The maximum absolute atomic E-state index is 13.6. The first-order valence-corrected chi connectivity index (χ1v) is 11.5. The molecule has 2 heterocycles. The molecule has 1 aromatic heterocycles. The van der Waals surface area contributed by atoms with Crippen molar-refractivity contribution in [3.05, 3.63) is 96.2 Å². The largest absolute Gasteiger partial charge is 0.497 e. The number of nitrogens with zero attached hydrogens (tertiary/aromatic N) is 2. The van der Waals surface area contributed by atoms with E-state index in [9.17, 15) is 9.59 Å². The molecule has 33 heavy (non-hydrogen) atoms. The summed E-state index contributed by atoms with van der Waals surface area (Å²) in [6.07, 6.45) is 1.58. The minimum absolute atomic E-state index is 0.191. The van der Waals surface area contributed by atoms with Crippen LogP contribution >= 0.6 is 11.3 Å². The average molecular weight is 463 g/mol. The number of aromatic nitrogens is 1. The Balaban J connectivity index is 1.94. The molecule has 0 aliphatic carbocycles. The van der Waals surface area contributed by atoms with Gasteiger partial charge < -0.3 is 9.47 Å². The van der Waals surface area contributed by atoms with E-state index in [1.807, 2.05) is 61.5 Å². The molecule has 0 radical (unpaired) electrons. The Morgan fingerprint density at radius 2 is 1.88 bits per heavy atom. The van der Waals surface area contributed by atoms with Gasteiger partial charge in [-0.25, -0.2) is 9.79 Å². The Bertz CT molecular complexity index is 1410. The highest BCUT2D eigenvalue weighted by Gasteiger charge is 2.33. The minimum atomic E-state index is -0.641. The number of carbonyl (C=O) groups excluding carboxylic acids is 1. The minimum Gasteiger partial charge on any atom is -0.497 e. The van der Waals surface area contributed by atoms with Crippen LogP contribution in [0.3, 0.4) is 0 Å². The molecule has 3 aromatic rings. The highest BCUT2D eigenvalue weighted by atomic mass is 32.1. The maximum atomic E-state index is 13.6. The molecule has 0 saturated heterocycles. The molecule has 0 saturated carbocycles. The van der Waals surface area contributed by atoms with Gasteiger partial charge in [-0.3, -0.25) is 9.36 Å². The molecule has 4 rings (SSSR count). The molecule has 170 valence electrons. The summed E-state index contributed by atoms with van der Waals surface area (Å²) < 4.78 is 13.0. The highest BCUT2D eigenvalue weighted by Crippen LogP contribution is 2.31. The summed E-state index contributed by atoms with van der Waals surface area (Å²) in [6.45, 7) is 7.39. The Morgan fingerprint density at radius 3 is 2.52 bits per heavy atom. The molecule has 0 amide bonds. The molecule has 7 heteroatoms. The van der Waals surface area contributed by atoms with Crippen molar-refractivity contribution in [3.63, 3.8) is 0 Å². The second-order valence-corrected chi connectivity index (χ2v) is 9.23. The van der Waals surface area contributed by atoms with Crippen LogP contribution in [0.5, 0.6) is 5.75 Å². The van der Waals surface area contributed by atoms with E-state index >= 15 is 0 Å². The van der Waals surface area contributed by atoms with Gasteiger partial charge in [-0.05, 0) is 57.0 Å². The number of esters is 1. The number of benzene rings is 2. The summed E-state index contributed by atoms with van der Waals surface area (Å²) in [5.41, 5.74) is 3.55. The molecule has 6 nitrogen and oxygen atoms in total. The van der Waals surface area contributed by atoms with Gasteiger partial charge in [0.25, 0.3) is 5.56 Å². The smallest absolute Gasteiger partial charge is 0.338 e. The van der Waals surface area contributed by atoms with Crippen molar-refractivity contribution in [1.82, 2.24) is 4.57 Å². The quantitative estimate of drug-likeness (QED) is 0.544. The summed E-state index contributed by atoms with van der Waals surface area (Å²) in [7, 11) is 1.60. The van der Waals surface area contributed by atoms with Crippen molar-refractivity contribution in [2.45, 2.75) is 39.8 Å². The molecule has 1 aliphatic rings. The number of ether oxygens (including phenoxy) is 2. The van der Waals surface area contributed by atoms with E-state index in [4.69, 9.17) is 9.47 Å². The lowest BCUT2D eigenvalue weighted by Crippen LogP contribution is -2.40. The van der Waals surface area contributed by atoms with Gasteiger partial charge in [0.15, 0.2) is 4.80 Å². The third kappa shape index (κ3) is 4.54. The summed E-state index contributed by atoms with van der Waals surface area (Å²) in [5, 5.41) is 0. The average Bonchev–Trinajstić information content (AvgIpc) is 3.07. The van der Waals surface area contributed by atoms with E-state index in [1.54, 1.807) is 32.4 Å². The van der Waals surface area contributed by atoms with Crippen molar-refractivity contribution in [2.24, 2.45) is 4.99 Å². The van der Waals surface area contributed by atoms with Crippen LogP contribution in [0.4, 0.5) is 0 Å². The first kappa shape index (κ1) is 22.7. The second-order valence-electron chi connectivity index (χ2n) is 8.22. The standard InChI is InChI=1S/C26H26N2O4S/c1-15(2)32-25(30)22-17(4)27-26-28(23(22)19-9-11-20(31-5)12-10-19)24(29)21(33-26)14-18-8-6-7-16(3)13-18/h6-15,23H,1-5H3/b21-14-/t23-/m0/s1. The van der Waals surface area contributed by atoms with Gasteiger partial charge >= 0.3 is 5.97 Å². The van der Waals surface area contributed by atoms with E-state index in [0.717, 1.165) is 16.7 Å². The lowest BCUT2D eigenvalue weighted by molar-refractivity contribution is -0.143. The number of rotatable bonds is 5. The number of aryl methyl sites for hydroxylation is 1. The summed E-state index contributed by atoms with van der Waals surface area (Å²) >= 11 is 1.32. The number of carbonyl (C=O) groups is 1. The van der Waals surface area contributed by atoms with Crippen LogP contribution < -0.4 is 19.6 Å². The summed E-state index contributed by atoms with van der Waals surface area (Å²) in [4.78, 5) is 31.9. The third-order valence-electron chi connectivity index (χ3n) is 5.36. The van der Waals surface area contributed by atoms with Crippen LogP contribution in [-0.4, -0.2) is 23.8 Å². The predicted molar refractivity (Wildman–Crippen MR) is 129 cm³/mol. The zero-order chi connectivity index (χ0) is 23.7. The van der Waals surface area contributed by atoms with Crippen molar-refractivity contribution < 1.29 is 14.3 Å². The van der Waals surface area contributed by atoms with Crippen molar-refractivity contribution in [2.75, 3.05) is 7.11 Å².